The highest BCUT2D eigenvalue weighted by Crippen LogP contribution is 2.10. The van der Waals surface area contributed by atoms with Crippen LogP contribution in [0.3, 0.4) is 0 Å². The van der Waals surface area contributed by atoms with Crippen LogP contribution in [0.25, 0.3) is 6.08 Å². The van der Waals surface area contributed by atoms with Gasteiger partial charge >= 0.3 is 0 Å². The average Bonchev–Trinajstić information content (AvgIpc) is 2.98. The molecule has 0 aliphatic carbocycles. The van der Waals surface area contributed by atoms with E-state index in [2.05, 4.69) is 5.32 Å². The molecular weight excluding hydrogens is 320 g/mol. The Balaban J connectivity index is 1.80. The summed E-state index contributed by atoms with van der Waals surface area (Å²) in [6.07, 6.45) is 3.88. The highest BCUT2D eigenvalue weighted by Gasteiger charge is 2.06. The van der Waals surface area contributed by atoms with Gasteiger partial charge in [0.25, 0.3) is 0 Å². The van der Waals surface area contributed by atoms with Crippen molar-refractivity contribution in [3.05, 3.63) is 58.3 Å². The van der Waals surface area contributed by atoms with Gasteiger partial charge in [0.2, 0.25) is 15.9 Å². The van der Waals surface area contributed by atoms with Gasteiger partial charge in [-0.1, -0.05) is 18.2 Å². The van der Waals surface area contributed by atoms with Crippen molar-refractivity contribution in [1.29, 1.82) is 0 Å². The first-order valence-electron chi connectivity index (χ1n) is 6.56. The van der Waals surface area contributed by atoms with Crippen LogP contribution in [0, 0.1) is 0 Å². The van der Waals surface area contributed by atoms with Gasteiger partial charge in [-0.15, -0.1) is 11.3 Å². The Morgan fingerprint density at radius 3 is 2.55 bits per heavy atom. The molecule has 22 heavy (non-hydrogen) atoms. The summed E-state index contributed by atoms with van der Waals surface area (Å²) in [6.45, 7) is 0.475. The molecule has 0 atom stereocenters. The molecule has 1 amide bonds. The maximum absolute atomic E-state index is 11.6. The van der Waals surface area contributed by atoms with Crippen molar-refractivity contribution in [3.8, 4) is 0 Å². The van der Waals surface area contributed by atoms with Crippen LogP contribution in [0.4, 0.5) is 0 Å². The summed E-state index contributed by atoms with van der Waals surface area (Å²) in [5.41, 5.74) is 0.926. The molecule has 2 aromatic rings. The van der Waals surface area contributed by atoms with Crippen molar-refractivity contribution >= 4 is 33.3 Å². The molecule has 0 fully saturated rings. The summed E-state index contributed by atoms with van der Waals surface area (Å²) in [4.78, 5) is 12.7. The molecule has 3 N–H and O–H groups in total. The number of rotatable bonds is 6. The van der Waals surface area contributed by atoms with Gasteiger partial charge in [0.15, 0.2) is 0 Å². The van der Waals surface area contributed by atoms with Crippen molar-refractivity contribution in [2.45, 2.75) is 11.3 Å². The van der Waals surface area contributed by atoms with Gasteiger partial charge < -0.3 is 5.32 Å². The molecule has 116 valence electrons. The van der Waals surface area contributed by atoms with Gasteiger partial charge in [-0.05, 0) is 41.6 Å². The molecule has 1 aromatic carbocycles. The van der Waals surface area contributed by atoms with E-state index >= 15 is 0 Å². The molecule has 0 aliphatic heterocycles. The summed E-state index contributed by atoms with van der Waals surface area (Å²) in [7, 11) is -3.66. The van der Waals surface area contributed by atoms with Gasteiger partial charge in [0, 0.05) is 17.5 Å². The first kappa shape index (κ1) is 16.4. The van der Waals surface area contributed by atoms with E-state index in [1.54, 1.807) is 29.5 Å². The number of carbonyl (C=O) groups excluding carboxylic acids is 1. The van der Waals surface area contributed by atoms with Crippen LogP contribution < -0.4 is 10.5 Å². The van der Waals surface area contributed by atoms with Crippen LogP contribution in [-0.2, 0) is 21.2 Å². The van der Waals surface area contributed by atoms with Crippen LogP contribution in [0.15, 0.2) is 52.7 Å². The van der Waals surface area contributed by atoms with E-state index in [9.17, 15) is 13.2 Å². The smallest absolute Gasteiger partial charge is 0.244 e. The summed E-state index contributed by atoms with van der Waals surface area (Å²) < 4.78 is 22.3. The Kier molecular flexibility index (Phi) is 5.48. The van der Waals surface area contributed by atoms with Gasteiger partial charge in [-0.25, -0.2) is 13.6 Å². The number of sulfonamides is 1. The molecule has 0 radical (unpaired) electrons. The zero-order valence-corrected chi connectivity index (χ0v) is 13.4. The Hall–Kier alpha value is -1.96. The van der Waals surface area contributed by atoms with Crippen LogP contribution in [0.1, 0.15) is 10.4 Å². The zero-order chi connectivity index (χ0) is 16.0. The number of primary sulfonamides is 1. The lowest BCUT2D eigenvalue weighted by atomic mass is 10.1. The van der Waals surface area contributed by atoms with E-state index in [0.717, 1.165) is 10.4 Å². The number of thiophene rings is 1. The second-order valence-electron chi connectivity index (χ2n) is 4.58. The fourth-order valence-corrected chi connectivity index (χ4v) is 2.91. The van der Waals surface area contributed by atoms with Crippen LogP contribution in [-0.4, -0.2) is 20.9 Å². The summed E-state index contributed by atoms with van der Waals surface area (Å²) in [5.74, 6) is -0.158. The van der Waals surface area contributed by atoms with Crippen LogP contribution in [0.5, 0.6) is 0 Å². The summed E-state index contributed by atoms with van der Waals surface area (Å²) in [6, 6.07) is 10.2. The van der Waals surface area contributed by atoms with E-state index < -0.39 is 10.0 Å². The lowest BCUT2D eigenvalue weighted by Gasteiger charge is -2.04. The number of benzene rings is 1. The van der Waals surface area contributed by atoms with Crippen molar-refractivity contribution < 1.29 is 13.2 Å². The average molecular weight is 336 g/mol. The van der Waals surface area contributed by atoms with Crippen LogP contribution >= 0.6 is 11.3 Å². The lowest BCUT2D eigenvalue weighted by Crippen LogP contribution is -2.23. The van der Waals surface area contributed by atoms with E-state index in [-0.39, 0.29) is 10.8 Å². The Labute approximate surface area is 133 Å². The Morgan fingerprint density at radius 1 is 1.23 bits per heavy atom. The molecule has 7 heteroatoms. The third-order valence-corrected chi connectivity index (χ3v) is 4.67. The molecule has 1 aromatic heterocycles. The predicted octanol–water partition coefficient (Wildman–Crippen LogP) is 1.77. The first-order valence-corrected chi connectivity index (χ1v) is 8.99. The molecule has 0 spiro atoms. The maximum Gasteiger partial charge on any atom is 0.244 e. The quantitative estimate of drug-likeness (QED) is 0.788. The second-order valence-corrected chi connectivity index (χ2v) is 7.12. The molecule has 2 rings (SSSR count). The first-order chi connectivity index (χ1) is 10.4. The number of carbonyl (C=O) groups is 1. The molecule has 1 heterocycles. The zero-order valence-electron chi connectivity index (χ0n) is 11.7. The summed E-state index contributed by atoms with van der Waals surface area (Å²) >= 11 is 1.56. The van der Waals surface area contributed by atoms with Crippen LogP contribution in [0.2, 0.25) is 0 Å². The fourth-order valence-electron chi connectivity index (χ4n) is 1.78. The minimum atomic E-state index is -3.66. The monoisotopic (exact) mass is 336 g/mol. The third kappa shape index (κ3) is 5.10. The molecule has 5 nitrogen and oxygen atoms in total. The minimum absolute atomic E-state index is 0.0826. The Morgan fingerprint density at radius 2 is 1.95 bits per heavy atom. The SMILES string of the molecule is NS(=O)(=O)c1ccc(CCNC(=O)/C=C/c2cccs2)cc1. The summed E-state index contributed by atoms with van der Waals surface area (Å²) in [5, 5.41) is 9.75. The van der Waals surface area contributed by atoms with E-state index in [1.165, 1.54) is 18.2 Å². The van der Waals surface area contributed by atoms with Gasteiger partial charge in [0.1, 0.15) is 0 Å². The van der Waals surface area contributed by atoms with E-state index in [1.807, 2.05) is 17.5 Å². The highest BCUT2D eigenvalue weighted by atomic mass is 32.2. The van der Waals surface area contributed by atoms with Gasteiger partial charge in [0.05, 0.1) is 4.90 Å². The number of hydrogen-bond donors (Lipinski definition) is 2. The standard InChI is InChI=1S/C15H16N2O3S2/c16-22(19,20)14-6-3-12(4-7-14)9-10-17-15(18)8-5-13-2-1-11-21-13/h1-8,11H,9-10H2,(H,17,18)(H2,16,19,20)/b8-5+. The van der Waals surface area contributed by atoms with E-state index in [4.69, 9.17) is 5.14 Å². The van der Waals surface area contributed by atoms with Crippen molar-refractivity contribution in [1.82, 2.24) is 5.32 Å². The molecule has 0 saturated carbocycles. The highest BCUT2D eigenvalue weighted by molar-refractivity contribution is 7.89. The normalized spacial score (nSPS) is 11.7. The predicted molar refractivity (Wildman–Crippen MR) is 87.9 cm³/mol. The molecule has 0 unspecified atom stereocenters. The third-order valence-electron chi connectivity index (χ3n) is 2.91. The molecular formula is C15H16N2O3S2. The Bertz CT molecular complexity index is 749. The number of nitrogens with one attached hydrogen (secondary N) is 1. The number of nitrogens with two attached hydrogens (primary N) is 1. The number of amides is 1. The van der Waals surface area contributed by atoms with Crippen molar-refractivity contribution in [2.24, 2.45) is 5.14 Å². The van der Waals surface area contributed by atoms with Crippen molar-refractivity contribution in [2.75, 3.05) is 6.54 Å². The molecule has 0 saturated heterocycles. The fraction of sp³-hybridized carbons (Fsp3) is 0.133. The molecule has 0 aliphatic rings. The number of hydrogen-bond acceptors (Lipinski definition) is 4. The van der Waals surface area contributed by atoms with E-state index in [0.29, 0.717) is 13.0 Å². The maximum atomic E-state index is 11.6. The van der Waals surface area contributed by atoms with Crippen molar-refractivity contribution in [3.63, 3.8) is 0 Å². The van der Waals surface area contributed by atoms with Gasteiger partial charge in [-0.3, -0.25) is 4.79 Å². The van der Waals surface area contributed by atoms with Gasteiger partial charge in [-0.2, -0.15) is 0 Å². The molecule has 0 bridgehead atoms. The minimum Gasteiger partial charge on any atom is -0.352 e. The second kappa shape index (κ2) is 7.35. The lowest BCUT2D eigenvalue weighted by molar-refractivity contribution is -0.116. The topological polar surface area (TPSA) is 89.3 Å². The largest absolute Gasteiger partial charge is 0.352 e.